The van der Waals surface area contributed by atoms with Gasteiger partial charge in [0.1, 0.15) is 5.57 Å². The summed E-state index contributed by atoms with van der Waals surface area (Å²) in [6, 6.07) is 0. The van der Waals surface area contributed by atoms with Crippen molar-refractivity contribution in [3.63, 3.8) is 0 Å². The fraction of sp³-hybridized carbons (Fsp3) is 0.429. The molecule has 6 nitrogen and oxygen atoms in total. The Morgan fingerprint density at radius 2 is 2.43 bits per heavy atom. The van der Waals surface area contributed by atoms with Crippen LogP contribution in [0.1, 0.15) is 6.42 Å². The zero-order valence-corrected chi connectivity index (χ0v) is 7.86. The molecule has 14 heavy (non-hydrogen) atoms. The first kappa shape index (κ1) is 9.50. The summed E-state index contributed by atoms with van der Waals surface area (Å²) in [6.07, 6.45) is 1.37. The van der Waals surface area contributed by atoms with E-state index in [1.54, 1.807) is 0 Å². The zero-order valence-electron chi connectivity index (χ0n) is 7.04. The van der Waals surface area contributed by atoms with Crippen molar-refractivity contribution < 1.29 is 19.2 Å². The molecule has 2 rings (SSSR count). The fourth-order valence-electron chi connectivity index (χ4n) is 1.45. The van der Waals surface area contributed by atoms with E-state index >= 15 is 0 Å². The Bertz CT molecular complexity index is 343. The first-order chi connectivity index (χ1) is 6.52. The van der Waals surface area contributed by atoms with Gasteiger partial charge in [0.05, 0.1) is 6.42 Å². The lowest BCUT2D eigenvalue weighted by Gasteiger charge is -2.43. The van der Waals surface area contributed by atoms with Crippen LogP contribution in [0.3, 0.4) is 0 Å². The molecule has 2 heterocycles. The smallest absolute Gasteiger partial charge is 0.339 e. The molecule has 2 unspecified atom stereocenters. The standard InChI is InChI=1S/C7H8N2O4S/c8-6-3(7(11)12)2-9-4(10)1-5(9)14(6)13/h2,5-6H,1,8H2,(H,11,12)/t5-,6?,14?/m1/s1. The molecule has 0 radical (unpaired) electrons. The highest BCUT2D eigenvalue weighted by atomic mass is 32.2. The number of fused-ring (bicyclic) bond motifs is 1. The average molecular weight is 216 g/mol. The molecule has 0 saturated carbocycles. The number of carboxylic acids is 1. The molecule has 0 aromatic rings. The molecule has 0 bridgehead atoms. The van der Waals surface area contributed by atoms with Crippen LogP contribution in [0.2, 0.25) is 0 Å². The van der Waals surface area contributed by atoms with Crippen LogP contribution in [-0.4, -0.2) is 37.2 Å². The summed E-state index contributed by atoms with van der Waals surface area (Å²) in [6.45, 7) is 0. The van der Waals surface area contributed by atoms with E-state index in [9.17, 15) is 14.1 Å². The third-order valence-electron chi connectivity index (χ3n) is 2.30. The first-order valence-corrected chi connectivity index (χ1v) is 5.21. The van der Waals surface area contributed by atoms with Crippen LogP contribution in [0.15, 0.2) is 11.8 Å². The van der Waals surface area contributed by atoms with Gasteiger partial charge < -0.3 is 9.66 Å². The second-order valence-corrected chi connectivity index (χ2v) is 4.81. The van der Waals surface area contributed by atoms with Crippen LogP contribution in [0, 0.1) is 0 Å². The predicted molar refractivity (Wildman–Crippen MR) is 47.1 cm³/mol. The van der Waals surface area contributed by atoms with Crippen molar-refractivity contribution in [2.45, 2.75) is 17.2 Å². The van der Waals surface area contributed by atoms with E-state index in [0.717, 1.165) is 0 Å². The summed E-state index contributed by atoms with van der Waals surface area (Å²) in [5.74, 6) is -1.45. The minimum Gasteiger partial charge on any atom is -0.613 e. The number of nitrogens with two attached hydrogens (primary N) is 1. The lowest BCUT2D eigenvalue weighted by Crippen LogP contribution is -2.61. The van der Waals surface area contributed by atoms with Crippen molar-refractivity contribution in [1.29, 1.82) is 0 Å². The highest BCUT2D eigenvalue weighted by Crippen LogP contribution is 2.33. The molecule has 2 aliphatic rings. The molecule has 3 N–H and O–H groups in total. The van der Waals surface area contributed by atoms with Crippen LogP contribution >= 0.6 is 0 Å². The van der Waals surface area contributed by atoms with Gasteiger partial charge >= 0.3 is 5.97 Å². The average Bonchev–Trinajstić information content (AvgIpc) is 2.10. The maximum Gasteiger partial charge on any atom is 0.339 e. The van der Waals surface area contributed by atoms with Gasteiger partial charge in [-0.3, -0.25) is 15.4 Å². The molecule has 0 aliphatic carbocycles. The minimum absolute atomic E-state index is 0.173. The van der Waals surface area contributed by atoms with Gasteiger partial charge in [0.2, 0.25) is 16.7 Å². The number of nitrogens with zero attached hydrogens (tertiary/aromatic N) is 1. The van der Waals surface area contributed by atoms with Crippen LogP contribution < -0.4 is 5.73 Å². The number of β-lactam (4-membered cyclic amide) rings is 1. The summed E-state index contributed by atoms with van der Waals surface area (Å²) in [5.41, 5.74) is 5.29. The Balaban J connectivity index is 2.33. The number of hydrogen-bond donors (Lipinski definition) is 2. The molecule has 0 spiro atoms. The van der Waals surface area contributed by atoms with E-state index in [4.69, 9.17) is 10.8 Å². The minimum atomic E-state index is -1.51. The number of hydrogen-bond acceptors (Lipinski definition) is 4. The third kappa shape index (κ3) is 1.13. The highest BCUT2D eigenvalue weighted by Gasteiger charge is 2.51. The zero-order chi connectivity index (χ0) is 10.5. The monoisotopic (exact) mass is 216 g/mol. The Morgan fingerprint density at radius 1 is 1.79 bits per heavy atom. The fourth-order valence-corrected chi connectivity index (χ4v) is 2.90. The van der Waals surface area contributed by atoms with Gasteiger partial charge in [0.15, 0.2) is 0 Å². The first-order valence-electron chi connectivity index (χ1n) is 3.93. The topological polar surface area (TPSA) is 107 Å². The normalized spacial score (nSPS) is 35.9. The van der Waals surface area contributed by atoms with Gasteiger partial charge in [-0.25, -0.2) is 4.79 Å². The van der Waals surface area contributed by atoms with Crippen molar-refractivity contribution in [3.8, 4) is 0 Å². The van der Waals surface area contributed by atoms with Gasteiger partial charge in [0, 0.05) is 6.20 Å². The number of carboxylic acid groups (broad SMARTS) is 1. The van der Waals surface area contributed by atoms with E-state index in [0.29, 0.717) is 0 Å². The van der Waals surface area contributed by atoms with Crippen LogP contribution in [0.4, 0.5) is 0 Å². The molecular weight excluding hydrogens is 208 g/mol. The Morgan fingerprint density at radius 3 is 2.93 bits per heavy atom. The lowest BCUT2D eigenvalue weighted by molar-refractivity contribution is -0.138. The maximum absolute atomic E-state index is 11.5. The van der Waals surface area contributed by atoms with Crippen LogP contribution in [0.25, 0.3) is 0 Å². The number of amides is 1. The Hall–Kier alpha value is -1.05. The van der Waals surface area contributed by atoms with E-state index < -0.39 is 27.9 Å². The van der Waals surface area contributed by atoms with Gasteiger partial charge in [-0.15, -0.1) is 0 Å². The number of rotatable bonds is 1. The summed E-state index contributed by atoms with van der Waals surface area (Å²) >= 11 is -1.51. The molecule has 0 aromatic heterocycles. The van der Waals surface area contributed by atoms with E-state index in [1.807, 2.05) is 0 Å². The molecular formula is C7H8N2O4S. The molecule has 2 aliphatic heterocycles. The molecule has 76 valence electrons. The second-order valence-electron chi connectivity index (χ2n) is 3.10. The van der Waals surface area contributed by atoms with Gasteiger partial charge in [-0.1, -0.05) is 0 Å². The lowest BCUT2D eigenvalue weighted by atomic mass is 10.2. The Kier molecular flexibility index (Phi) is 2.02. The predicted octanol–water partition coefficient (Wildman–Crippen LogP) is -1.44. The number of carbonyl (C=O) groups is 2. The second kappa shape index (κ2) is 2.97. The summed E-state index contributed by atoms with van der Waals surface area (Å²) in [5, 5.41) is 7.29. The summed E-state index contributed by atoms with van der Waals surface area (Å²) in [4.78, 5) is 22.9. The van der Waals surface area contributed by atoms with Gasteiger partial charge in [-0.2, -0.15) is 0 Å². The highest BCUT2D eigenvalue weighted by molar-refractivity contribution is 7.93. The van der Waals surface area contributed by atoms with Gasteiger partial charge in [0.25, 0.3) is 0 Å². The van der Waals surface area contributed by atoms with Crippen molar-refractivity contribution in [2.75, 3.05) is 0 Å². The molecule has 0 aromatic carbocycles. The van der Waals surface area contributed by atoms with Crippen LogP contribution in [-0.2, 0) is 20.8 Å². The quantitative estimate of drug-likeness (QED) is 0.412. The molecule has 1 amide bonds. The van der Waals surface area contributed by atoms with Crippen molar-refractivity contribution in [2.24, 2.45) is 5.73 Å². The van der Waals surface area contributed by atoms with Gasteiger partial charge in [-0.05, 0) is 11.2 Å². The molecule has 3 atom stereocenters. The van der Waals surface area contributed by atoms with Crippen LogP contribution in [0.5, 0.6) is 0 Å². The van der Waals surface area contributed by atoms with E-state index in [-0.39, 0.29) is 17.9 Å². The summed E-state index contributed by atoms with van der Waals surface area (Å²) in [7, 11) is 0. The van der Waals surface area contributed by atoms with E-state index in [1.165, 1.54) is 11.1 Å². The van der Waals surface area contributed by atoms with E-state index in [2.05, 4.69) is 0 Å². The number of aliphatic carboxylic acids is 1. The molecule has 1 saturated heterocycles. The molecule has 7 heteroatoms. The third-order valence-corrected chi connectivity index (χ3v) is 3.98. The SMILES string of the molecule is NC1C(C(=O)O)=CN2C(=O)C[C@H]2[S+]1[O-]. The summed E-state index contributed by atoms with van der Waals surface area (Å²) < 4.78 is 11.5. The van der Waals surface area contributed by atoms with Crippen molar-refractivity contribution in [3.05, 3.63) is 11.8 Å². The van der Waals surface area contributed by atoms with Crippen molar-refractivity contribution in [1.82, 2.24) is 4.90 Å². The Labute approximate surface area is 82.5 Å². The van der Waals surface area contributed by atoms with Crippen molar-refractivity contribution >= 4 is 23.1 Å². The molecule has 1 fully saturated rings. The largest absolute Gasteiger partial charge is 0.613 e. The maximum atomic E-state index is 11.5. The number of carbonyl (C=O) groups excluding carboxylic acids is 1.